The molecule has 19 heavy (non-hydrogen) atoms. The summed E-state index contributed by atoms with van der Waals surface area (Å²) in [7, 11) is 0. The maximum absolute atomic E-state index is 7.10. The van der Waals surface area contributed by atoms with E-state index in [-0.39, 0.29) is 6.10 Å². The lowest BCUT2D eigenvalue weighted by Gasteiger charge is -2.27. The van der Waals surface area contributed by atoms with Crippen molar-refractivity contribution in [3.63, 3.8) is 0 Å². The van der Waals surface area contributed by atoms with Crippen LogP contribution in [0.15, 0.2) is 36.4 Å². The minimum absolute atomic E-state index is 0.110. The van der Waals surface area contributed by atoms with Crippen molar-refractivity contribution < 1.29 is 4.74 Å². The molecule has 0 fully saturated rings. The molecule has 0 unspecified atom stereocenters. The van der Waals surface area contributed by atoms with Gasteiger partial charge in [0, 0.05) is 18.3 Å². The molecule has 0 amide bonds. The number of nitrogens with two attached hydrogens (primary N) is 1. The third-order valence-electron chi connectivity index (χ3n) is 3.37. The SMILES string of the molecule is C/C=C(\C=C/C=N)c1cccc2c1O[C@@H](CN)CC2. The number of nitrogens with one attached hydrogen (secondary N) is 1. The second kappa shape index (κ2) is 6.34. The zero-order valence-electron chi connectivity index (χ0n) is 11.2. The summed E-state index contributed by atoms with van der Waals surface area (Å²) in [5.41, 5.74) is 9.10. The van der Waals surface area contributed by atoms with Gasteiger partial charge in [-0.3, -0.25) is 0 Å². The molecule has 1 heterocycles. The molecule has 100 valence electrons. The van der Waals surface area contributed by atoms with Gasteiger partial charge in [0.25, 0.3) is 0 Å². The molecule has 1 aromatic carbocycles. The lowest BCUT2D eigenvalue weighted by molar-refractivity contribution is 0.181. The van der Waals surface area contributed by atoms with Crippen LogP contribution in [0.2, 0.25) is 0 Å². The van der Waals surface area contributed by atoms with Crippen molar-refractivity contribution in [2.24, 2.45) is 5.73 Å². The molecule has 3 heteroatoms. The monoisotopic (exact) mass is 256 g/mol. The largest absolute Gasteiger partial charge is 0.488 e. The average Bonchev–Trinajstić information content (AvgIpc) is 2.47. The minimum atomic E-state index is 0.110. The zero-order chi connectivity index (χ0) is 13.7. The Balaban J connectivity index is 2.41. The van der Waals surface area contributed by atoms with E-state index in [0.717, 1.165) is 29.7 Å². The predicted molar refractivity (Wildman–Crippen MR) is 79.8 cm³/mol. The highest BCUT2D eigenvalue weighted by Crippen LogP contribution is 2.35. The molecule has 1 aromatic rings. The maximum Gasteiger partial charge on any atom is 0.130 e. The summed E-state index contributed by atoms with van der Waals surface area (Å²) < 4.78 is 6.02. The van der Waals surface area contributed by atoms with Crippen molar-refractivity contribution >= 4 is 11.8 Å². The van der Waals surface area contributed by atoms with Crippen LogP contribution in [-0.2, 0) is 6.42 Å². The highest BCUT2D eigenvalue weighted by atomic mass is 16.5. The van der Waals surface area contributed by atoms with E-state index in [1.807, 2.05) is 19.1 Å². The Labute approximate surface area is 114 Å². The molecule has 0 aliphatic carbocycles. The molecule has 0 saturated carbocycles. The summed E-state index contributed by atoms with van der Waals surface area (Å²) in [6.45, 7) is 2.54. The smallest absolute Gasteiger partial charge is 0.130 e. The highest BCUT2D eigenvalue weighted by Gasteiger charge is 2.21. The van der Waals surface area contributed by atoms with Crippen LogP contribution in [0.1, 0.15) is 24.5 Å². The van der Waals surface area contributed by atoms with Crippen LogP contribution in [0, 0.1) is 5.41 Å². The van der Waals surface area contributed by atoms with Gasteiger partial charge in [-0.05, 0) is 37.0 Å². The Bertz CT molecular complexity index is 517. The summed E-state index contributed by atoms with van der Waals surface area (Å²) in [5, 5.41) is 7.10. The zero-order valence-corrected chi connectivity index (χ0v) is 11.2. The Morgan fingerprint density at radius 1 is 1.53 bits per heavy atom. The molecular formula is C16H20N2O. The fraction of sp³-hybridized carbons (Fsp3) is 0.312. The first-order chi connectivity index (χ1) is 9.30. The summed E-state index contributed by atoms with van der Waals surface area (Å²) >= 11 is 0. The maximum atomic E-state index is 7.10. The summed E-state index contributed by atoms with van der Waals surface area (Å²) in [6, 6.07) is 6.22. The van der Waals surface area contributed by atoms with Gasteiger partial charge in [0.15, 0.2) is 0 Å². The van der Waals surface area contributed by atoms with Gasteiger partial charge in [-0.2, -0.15) is 0 Å². The number of para-hydroxylation sites is 1. The van der Waals surface area contributed by atoms with E-state index in [9.17, 15) is 0 Å². The van der Waals surface area contributed by atoms with E-state index in [2.05, 4.69) is 18.2 Å². The number of fused-ring (bicyclic) bond motifs is 1. The van der Waals surface area contributed by atoms with Crippen LogP contribution in [0.3, 0.4) is 0 Å². The topological polar surface area (TPSA) is 59.1 Å². The second-order valence-corrected chi connectivity index (χ2v) is 4.58. The quantitative estimate of drug-likeness (QED) is 0.642. The van der Waals surface area contributed by atoms with Crippen molar-refractivity contribution in [2.45, 2.75) is 25.9 Å². The van der Waals surface area contributed by atoms with Crippen molar-refractivity contribution in [2.75, 3.05) is 6.54 Å². The Morgan fingerprint density at radius 3 is 3.05 bits per heavy atom. The Morgan fingerprint density at radius 2 is 2.37 bits per heavy atom. The summed E-state index contributed by atoms with van der Waals surface area (Å²) in [4.78, 5) is 0. The molecule has 0 aromatic heterocycles. The molecule has 1 atom stereocenters. The van der Waals surface area contributed by atoms with Gasteiger partial charge in [-0.25, -0.2) is 0 Å². The first-order valence-electron chi connectivity index (χ1n) is 6.62. The van der Waals surface area contributed by atoms with Gasteiger partial charge in [-0.15, -0.1) is 0 Å². The third-order valence-corrected chi connectivity index (χ3v) is 3.37. The van der Waals surface area contributed by atoms with Gasteiger partial charge in [0.05, 0.1) is 0 Å². The molecule has 0 saturated heterocycles. The Kier molecular flexibility index (Phi) is 4.53. The number of aryl methyl sites for hydroxylation is 1. The van der Waals surface area contributed by atoms with Gasteiger partial charge < -0.3 is 15.9 Å². The molecular weight excluding hydrogens is 236 g/mol. The van der Waals surface area contributed by atoms with Crippen LogP contribution in [0.4, 0.5) is 0 Å². The first-order valence-corrected chi connectivity index (χ1v) is 6.62. The van der Waals surface area contributed by atoms with Crippen LogP contribution in [0.5, 0.6) is 5.75 Å². The van der Waals surface area contributed by atoms with E-state index < -0.39 is 0 Å². The Hall–Kier alpha value is -1.87. The van der Waals surface area contributed by atoms with Crippen LogP contribution in [-0.4, -0.2) is 18.9 Å². The highest BCUT2D eigenvalue weighted by molar-refractivity contribution is 5.82. The molecule has 1 aliphatic rings. The fourth-order valence-corrected chi connectivity index (χ4v) is 2.35. The fourth-order valence-electron chi connectivity index (χ4n) is 2.35. The lowest BCUT2D eigenvalue weighted by atomic mass is 9.95. The van der Waals surface area contributed by atoms with Gasteiger partial charge >= 0.3 is 0 Å². The number of hydrogen-bond acceptors (Lipinski definition) is 3. The van der Waals surface area contributed by atoms with Crippen molar-refractivity contribution in [3.8, 4) is 5.75 Å². The second-order valence-electron chi connectivity index (χ2n) is 4.58. The predicted octanol–water partition coefficient (Wildman–Crippen LogP) is 2.95. The first kappa shape index (κ1) is 13.6. The van der Waals surface area contributed by atoms with E-state index >= 15 is 0 Å². The molecule has 3 N–H and O–H groups in total. The van der Waals surface area contributed by atoms with E-state index in [1.54, 1.807) is 6.08 Å². The van der Waals surface area contributed by atoms with Crippen molar-refractivity contribution in [1.82, 2.24) is 0 Å². The van der Waals surface area contributed by atoms with Crippen LogP contribution < -0.4 is 10.5 Å². The number of rotatable bonds is 4. The minimum Gasteiger partial charge on any atom is -0.488 e. The number of allylic oxidation sites excluding steroid dienone is 4. The normalized spacial score (nSPS) is 19.1. The van der Waals surface area contributed by atoms with Crippen molar-refractivity contribution in [1.29, 1.82) is 5.41 Å². The molecule has 0 spiro atoms. The molecule has 3 nitrogen and oxygen atoms in total. The average molecular weight is 256 g/mol. The molecule has 1 aliphatic heterocycles. The summed E-state index contributed by atoms with van der Waals surface area (Å²) in [6.07, 6.45) is 9.06. The number of ether oxygens (including phenoxy) is 1. The van der Waals surface area contributed by atoms with Crippen molar-refractivity contribution in [3.05, 3.63) is 47.6 Å². The van der Waals surface area contributed by atoms with Gasteiger partial charge in [0.1, 0.15) is 11.9 Å². The standard InChI is InChI=1S/C16H20N2O/c1-2-12(6-4-10-17)15-7-3-5-13-8-9-14(11-18)19-16(13)15/h2-7,10,14,17H,8-9,11,18H2,1H3/b6-4-,12-2+,17-10?/t14-/m1/s1. The number of hydrogen-bond donors (Lipinski definition) is 2. The molecule has 0 radical (unpaired) electrons. The summed E-state index contributed by atoms with van der Waals surface area (Å²) in [5.74, 6) is 0.951. The van der Waals surface area contributed by atoms with Gasteiger partial charge in [-0.1, -0.05) is 30.4 Å². The van der Waals surface area contributed by atoms with Crippen LogP contribution in [0.25, 0.3) is 5.57 Å². The number of benzene rings is 1. The van der Waals surface area contributed by atoms with Gasteiger partial charge in [0.2, 0.25) is 0 Å². The van der Waals surface area contributed by atoms with Crippen LogP contribution >= 0.6 is 0 Å². The molecule has 0 bridgehead atoms. The van der Waals surface area contributed by atoms with E-state index in [1.165, 1.54) is 11.8 Å². The van der Waals surface area contributed by atoms with E-state index in [0.29, 0.717) is 6.54 Å². The van der Waals surface area contributed by atoms with E-state index in [4.69, 9.17) is 15.9 Å². The molecule has 2 rings (SSSR count). The lowest BCUT2D eigenvalue weighted by Crippen LogP contribution is -2.30. The third kappa shape index (κ3) is 2.93.